The third kappa shape index (κ3) is 1.90. The maximum absolute atomic E-state index is 13.5. The second-order valence-electron chi connectivity index (χ2n) is 4.83. The van der Waals surface area contributed by atoms with Crippen molar-refractivity contribution in [3.63, 3.8) is 0 Å². The van der Waals surface area contributed by atoms with E-state index in [1.165, 1.54) is 0 Å². The molecule has 4 atom stereocenters. The van der Waals surface area contributed by atoms with Crippen LogP contribution in [0.5, 0.6) is 0 Å². The first kappa shape index (κ1) is 11.6. The van der Waals surface area contributed by atoms with Gasteiger partial charge >= 0.3 is 5.97 Å². The highest BCUT2D eigenvalue weighted by Gasteiger charge is 2.57. The van der Waals surface area contributed by atoms with Crippen molar-refractivity contribution < 1.29 is 14.3 Å². The minimum absolute atomic E-state index is 0.0287. The van der Waals surface area contributed by atoms with Crippen LogP contribution in [0.4, 0.5) is 10.2 Å². The van der Waals surface area contributed by atoms with E-state index >= 15 is 0 Å². The number of aromatic nitrogens is 2. The van der Waals surface area contributed by atoms with Crippen molar-refractivity contribution in [3.8, 4) is 0 Å². The summed E-state index contributed by atoms with van der Waals surface area (Å²) >= 11 is 5.61. The monoisotopic (exact) mass is 271 g/mol. The van der Waals surface area contributed by atoms with Gasteiger partial charge in [0.15, 0.2) is 11.6 Å². The van der Waals surface area contributed by atoms with Gasteiger partial charge in [-0.3, -0.25) is 4.79 Å². The molecule has 18 heavy (non-hydrogen) atoms. The first-order valence-electron chi connectivity index (χ1n) is 5.73. The number of fused-ring (bicyclic) bond motifs is 1. The van der Waals surface area contributed by atoms with E-state index in [-0.39, 0.29) is 29.0 Å². The van der Waals surface area contributed by atoms with Gasteiger partial charge in [-0.05, 0) is 36.3 Å². The summed E-state index contributed by atoms with van der Waals surface area (Å²) in [4.78, 5) is 18.3. The van der Waals surface area contributed by atoms with Gasteiger partial charge in [-0.1, -0.05) is 0 Å². The molecule has 1 aromatic rings. The molecule has 96 valence electrons. The molecule has 2 aliphatic rings. The number of hydrogen-bond donors (Lipinski definition) is 2. The van der Waals surface area contributed by atoms with Gasteiger partial charge in [0.05, 0.1) is 12.1 Å². The molecular weight excluding hydrogens is 261 g/mol. The fourth-order valence-corrected chi connectivity index (χ4v) is 2.99. The van der Waals surface area contributed by atoms with Crippen molar-refractivity contribution in [2.24, 2.45) is 17.8 Å². The number of nitrogens with one attached hydrogen (secondary N) is 1. The van der Waals surface area contributed by atoms with Crippen molar-refractivity contribution in [3.05, 3.63) is 17.3 Å². The third-order valence-electron chi connectivity index (χ3n) is 3.79. The molecule has 0 bridgehead atoms. The number of halogens is 2. The van der Waals surface area contributed by atoms with E-state index in [9.17, 15) is 9.18 Å². The quantitative estimate of drug-likeness (QED) is 0.820. The Bertz CT molecular complexity index is 513. The molecule has 0 spiro atoms. The highest BCUT2D eigenvalue weighted by Crippen LogP contribution is 2.56. The van der Waals surface area contributed by atoms with Crippen molar-refractivity contribution in [2.75, 3.05) is 5.32 Å². The Morgan fingerprint density at radius 2 is 2.28 bits per heavy atom. The topological polar surface area (TPSA) is 75.1 Å². The summed E-state index contributed by atoms with van der Waals surface area (Å²) in [5, 5.41) is 12.0. The first-order valence-corrected chi connectivity index (χ1v) is 6.11. The standard InChI is InChI=1S/C11H11ClFN3O2/c12-11-14-3-7(13)9(16-11)15-8-2-6(10(17)18)4-1-5(4)8/h3-6,8H,1-2H2,(H,17,18)(H,14,15,16)/t4-,5+,6+,8-/m1/s1. The molecule has 1 heterocycles. The Labute approximate surface area is 107 Å². The molecule has 2 fully saturated rings. The number of carboxylic acids is 1. The minimum Gasteiger partial charge on any atom is -0.481 e. The fraction of sp³-hybridized carbons (Fsp3) is 0.545. The van der Waals surface area contributed by atoms with Crippen LogP contribution >= 0.6 is 11.6 Å². The molecule has 0 amide bonds. The lowest BCUT2D eigenvalue weighted by Crippen LogP contribution is -2.24. The molecule has 0 unspecified atom stereocenters. The maximum atomic E-state index is 13.5. The van der Waals surface area contributed by atoms with E-state index in [1.807, 2.05) is 0 Å². The summed E-state index contributed by atoms with van der Waals surface area (Å²) in [7, 11) is 0. The van der Waals surface area contributed by atoms with Crippen LogP contribution < -0.4 is 5.32 Å². The molecule has 2 aliphatic carbocycles. The number of carbonyl (C=O) groups is 1. The second kappa shape index (κ2) is 4.05. The minimum atomic E-state index is -0.770. The van der Waals surface area contributed by atoms with Crippen LogP contribution in [0.2, 0.25) is 5.28 Å². The van der Waals surface area contributed by atoms with Crippen LogP contribution in [0.15, 0.2) is 6.20 Å². The average molecular weight is 272 g/mol. The van der Waals surface area contributed by atoms with Crippen LogP contribution in [-0.2, 0) is 4.79 Å². The van der Waals surface area contributed by atoms with Gasteiger partial charge < -0.3 is 10.4 Å². The second-order valence-corrected chi connectivity index (χ2v) is 5.17. The smallest absolute Gasteiger partial charge is 0.306 e. The summed E-state index contributed by atoms with van der Waals surface area (Å²) < 4.78 is 13.5. The molecule has 1 aromatic heterocycles. The van der Waals surface area contributed by atoms with Crippen molar-refractivity contribution in [2.45, 2.75) is 18.9 Å². The highest BCUT2D eigenvalue weighted by molar-refractivity contribution is 6.28. The number of aliphatic carboxylic acids is 1. The molecule has 3 rings (SSSR count). The van der Waals surface area contributed by atoms with Gasteiger partial charge in [-0.25, -0.2) is 9.37 Å². The highest BCUT2D eigenvalue weighted by atomic mass is 35.5. The molecule has 0 saturated heterocycles. The number of rotatable bonds is 3. The Balaban J connectivity index is 1.75. The Hall–Kier alpha value is -1.43. The van der Waals surface area contributed by atoms with Gasteiger partial charge in [-0.2, -0.15) is 4.98 Å². The van der Waals surface area contributed by atoms with E-state index in [0.717, 1.165) is 12.6 Å². The third-order valence-corrected chi connectivity index (χ3v) is 3.97. The van der Waals surface area contributed by atoms with Crippen LogP contribution in [0.3, 0.4) is 0 Å². The normalized spacial score (nSPS) is 33.0. The Morgan fingerprint density at radius 1 is 1.50 bits per heavy atom. The average Bonchev–Trinajstić information content (AvgIpc) is 3.02. The van der Waals surface area contributed by atoms with Gasteiger partial charge in [-0.15, -0.1) is 0 Å². The maximum Gasteiger partial charge on any atom is 0.306 e. The largest absolute Gasteiger partial charge is 0.481 e. The zero-order valence-electron chi connectivity index (χ0n) is 9.31. The molecule has 2 saturated carbocycles. The predicted molar refractivity (Wildman–Crippen MR) is 61.8 cm³/mol. The summed E-state index contributed by atoms with van der Waals surface area (Å²) in [6.07, 6.45) is 2.40. The van der Waals surface area contributed by atoms with Gasteiger partial charge in [0.25, 0.3) is 0 Å². The van der Waals surface area contributed by atoms with E-state index in [0.29, 0.717) is 12.3 Å². The van der Waals surface area contributed by atoms with Crippen molar-refractivity contribution in [1.82, 2.24) is 9.97 Å². The van der Waals surface area contributed by atoms with E-state index in [4.69, 9.17) is 16.7 Å². The molecule has 7 heteroatoms. The molecule has 0 radical (unpaired) electrons. The van der Waals surface area contributed by atoms with E-state index in [1.54, 1.807) is 0 Å². The number of hydrogen-bond acceptors (Lipinski definition) is 4. The van der Waals surface area contributed by atoms with Gasteiger partial charge in [0.2, 0.25) is 5.28 Å². The van der Waals surface area contributed by atoms with Gasteiger partial charge in [0, 0.05) is 6.04 Å². The summed E-state index contributed by atoms with van der Waals surface area (Å²) in [6, 6.07) is -0.0448. The van der Waals surface area contributed by atoms with Crippen LogP contribution in [0.1, 0.15) is 12.8 Å². The summed E-state index contributed by atoms with van der Waals surface area (Å²) in [5.41, 5.74) is 0. The summed E-state index contributed by atoms with van der Waals surface area (Å²) in [5.74, 6) is -1.09. The van der Waals surface area contributed by atoms with E-state index in [2.05, 4.69) is 15.3 Å². The van der Waals surface area contributed by atoms with Crippen LogP contribution in [-0.4, -0.2) is 27.1 Å². The molecule has 0 aliphatic heterocycles. The number of nitrogens with zero attached hydrogens (tertiary/aromatic N) is 2. The lowest BCUT2D eigenvalue weighted by Gasteiger charge is -2.16. The SMILES string of the molecule is O=C(O)[C@H]1C[C@@H](Nc2nc(Cl)ncc2F)[C@H]2C[C@H]21. The lowest BCUT2D eigenvalue weighted by molar-refractivity contribution is -0.142. The molecule has 2 N–H and O–H groups in total. The first-order chi connectivity index (χ1) is 8.56. The molecule has 5 nitrogen and oxygen atoms in total. The Kier molecular flexibility index (Phi) is 2.62. The van der Waals surface area contributed by atoms with Crippen molar-refractivity contribution >= 4 is 23.4 Å². The zero-order valence-corrected chi connectivity index (χ0v) is 10.1. The van der Waals surface area contributed by atoms with Crippen LogP contribution in [0, 0.1) is 23.6 Å². The molecular formula is C11H11ClFN3O2. The number of carboxylic acid groups (broad SMARTS) is 1. The predicted octanol–water partition coefficient (Wildman–Crippen LogP) is 1.79. The summed E-state index contributed by atoms with van der Waals surface area (Å²) in [6.45, 7) is 0. The van der Waals surface area contributed by atoms with Crippen molar-refractivity contribution in [1.29, 1.82) is 0 Å². The zero-order chi connectivity index (χ0) is 12.9. The lowest BCUT2D eigenvalue weighted by atomic mass is 10.0. The Morgan fingerprint density at radius 3 is 2.94 bits per heavy atom. The van der Waals surface area contributed by atoms with E-state index < -0.39 is 11.8 Å². The van der Waals surface area contributed by atoms with Crippen LogP contribution in [0.25, 0.3) is 0 Å². The number of anilines is 1. The van der Waals surface area contributed by atoms with Gasteiger partial charge in [0.1, 0.15) is 0 Å². The fourth-order valence-electron chi connectivity index (χ4n) is 2.86. The molecule has 0 aromatic carbocycles.